The van der Waals surface area contributed by atoms with Crippen molar-refractivity contribution in [2.75, 3.05) is 0 Å². The zero-order chi connectivity index (χ0) is 18.5. The van der Waals surface area contributed by atoms with E-state index in [4.69, 9.17) is 0 Å². The molecule has 2 aromatic rings. The van der Waals surface area contributed by atoms with E-state index < -0.39 is 0 Å². The second kappa shape index (κ2) is 8.62. The molecule has 0 amide bonds. The number of halogens is 2. The molecular weight excluding hydrogens is 326 g/mol. The Bertz CT molecular complexity index is 753. The van der Waals surface area contributed by atoms with Crippen LogP contribution in [0.3, 0.4) is 0 Å². The maximum atomic E-state index is 14.7. The fourth-order valence-corrected chi connectivity index (χ4v) is 4.03. The summed E-state index contributed by atoms with van der Waals surface area (Å²) in [7, 11) is 0. The van der Waals surface area contributed by atoms with Crippen LogP contribution in [0, 0.1) is 11.6 Å². The predicted octanol–water partition coefficient (Wildman–Crippen LogP) is 6.70. The second-order valence-electron chi connectivity index (χ2n) is 7.45. The molecule has 138 valence electrons. The summed E-state index contributed by atoms with van der Waals surface area (Å²) >= 11 is 0. The lowest BCUT2D eigenvalue weighted by Crippen LogP contribution is -2.16. The van der Waals surface area contributed by atoms with Crippen LogP contribution in [0.15, 0.2) is 43.0 Å². The first-order valence-electron chi connectivity index (χ1n) is 9.81. The van der Waals surface area contributed by atoms with Crippen LogP contribution in [0.5, 0.6) is 0 Å². The number of unbranched alkanes of at least 4 members (excludes halogenated alkanes) is 1. The van der Waals surface area contributed by atoms with Crippen molar-refractivity contribution < 1.29 is 8.78 Å². The fourth-order valence-electron chi connectivity index (χ4n) is 4.03. The Labute approximate surface area is 156 Å². The van der Waals surface area contributed by atoms with Crippen LogP contribution in [-0.2, 0) is 25.7 Å². The van der Waals surface area contributed by atoms with Gasteiger partial charge in [0.25, 0.3) is 0 Å². The highest BCUT2D eigenvalue weighted by molar-refractivity contribution is 5.38. The Kier molecular flexibility index (Phi) is 6.24. The third kappa shape index (κ3) is 4.23. The molecule has 0 nitrogen and oxygen atoms in total. The Balaban J connectivity index is 1.79. The largest absolute Gasteiger partial charge is 0.207 e. The first-order valence-corrected chi connectivity index (χ1v) is 9.81. The highest BCUT2D eigenvalue weighted by Gasteiger charge is 2.26. The number of rotatable bonds is 7. The van der Waals surface area contributed by atoms with Crippen LogP contribution >= 0.6 is 0 Å². The van der Waals surface area contributed by atoms with Gasteiger partial charge in [0.2, 0.25) is 0 Å². The fraction of sp³-hybridized carbons (Fsp3) is 0.417. The van der Waals surface area contributed by atoms with Crippen LogP contribution in [-0.4, -0.2) is 0 Å². The Hall–Kier alpha value is -1.96. The molecule has 0 heterocycles. The van der Waals surface area contributed by atoms with Gasteiger partial charge in [-0.3, -0.25) is 0 Å². The van der Waals surface area contributed by atoms with E-state index in [-0.39, 0.29) is 23.1 Å². The molecule has 0 bridgehead atoms. The number of hydrogen-bond donors (Lipinski definition) is 0. The molecule has 1 aliphatic rings. The van der Waals surface area contributed by atoms with Crippen molar-refractivity contribution in [2.45, 2.75) is 64.2 Å². The second-order valence-corrected chi connectivity index (χ2v) is 7.45. The van der Waals surface area contributed by atoms with E-state index in [1.54, 1.807) is 12.1 Å². The molecule has 0 spiro atoms. The quantitative estimate of drug-likeness (QED) is 0.485. The molecule has 2 aromatic carbocycles. The monoisotopic (exact) mass is 354 g/mol. The first-order chi connectivity index (χ1) is 12.6. The maximum absolute atomic E-state index is 14.7. The Morgan fingerprint density at radius 1 is 1.04 bits per heavy atom. The number of allylic oxidation sites excluding steroid dienone is 1. The summed E-state index contributed by atoms with van der Waals surface area (Å²) in [6.45, 7) is 5.86. The molecule has 1 atom stereocenters. The number of aryl methyl sites for hydroxylation is 3. The van der Waals surface area contributed by atoms with Crippen LogP contribution < -0.4 is 0 Å². The van der Waals surface area contributed by atoms with Gasteiger partial charge in [0.05, 0.1) is 0 Å². The van der Waals surface area contributed by atoms with E-state index in [9.17, 15) is 8.78 Å². The molecule has 0 fully saturated rings. The summed E-state index contributed by atoms with van der Waals surface area (Å²) in [5.74, 6) is -0.805. The molecule has 0 radical (unpaired) electrons. The SMILES string of the molecule is C=CCCc1ccc2c(c1)CCC(c1c(F)cc(CCCC)cc1F)C2. The minimum atomic E-state index is -0.368. The van der Waals surface area contributed by atoms with Gasteiger partial charge in [-0.05, 0) is 85.3 Å². The van der Waals surface area contributed by atoms with Crippen molar-refractivity contribution in [3.63, 3.8) is 0 Å². The van der Waals surface area contributed by atoms with Crippen LogP contribution in [0.1, 0.15) is 66.3 Å². The normalized spacial score (nSPS) is 16.3. The number of fused-ring (bicyclic) bond motifs is 1. The third-order valence-corrected chi connectivity index (χ3v) is 5.50. The molecule has 0 saturated carbocycles. The van der Waals surface area contributed by atoms with Gasteiger partial charge in [-0.15, -0.1) is 6.58 Å². The first kappa shape index (κ1) is 18.8. The van der Waals surface area contributed by atoms with Crippen molar-refractivity contribution in [1.29, 1.82) is 0 Å². The molecule has 1 unspecified atom stereocenters. The average Bonchev–Trinajstić information content (AvgIpc) is 2.64. The smallest absolute Gasteiger partial charge is 0.129 e. The van der Waals surface area contributed by atoms with Crippen LogP contribution in [0.25, 0.3) is 0 Å². The van der Waals surface area contributed by atoms with Gasteiger partial charge in [-0.1, -0.05) is 37.6 Å². The highest BCUT2D eigenvalue weighted by Crippen LogP contribution is 2.36. The van der Waals surface area contributed by atoms with E-state index >= 15 is 0 Å². The molecule has 0 aromatic heterocycles. The maximum Gasteiger partial charge on any atom is 0.129 e. The summed E-state index contributed by atoms with van der Waals surface area (Å²) in [4.78, 5) is 0. The van der Waals surface area contributed by atoms with E-state index in [1.165, 1.54) is 16.7 Å². The van der Waals surface area contributed by atoms with Crippen molar-refractivity contribution in [3.8, 4) is 0 Å². The Morgan fingerprint density at radius 2 is 1.81 bits per heavy atom. The lowest BCUT2D eigenvalue weighted by molar-refractivity contribution is 0.489. The van der Waals surface area contributed by atoms with E-state index in [1.807, 2.05) is 6.08 Å². The zero-order valence-corrected chi connectivity index (χ0v) is 15.7. The van der Waals surface area contributed by atoms with Gasteiger partial charge < -0.3 is 0 Å². The summed E-state index contributed by atoms with van der Waals surface area (Å²) in [6, 6.07) is 9.64. The van der Waals surface area contributed by atoms with Gasteiger partial charge in [0, 0.05) is 5.56 Å². The van der Waals surface area contributed by atoms with Crippen molar-refractivity contribution >= 4 is 0 Å². The topological polar surface area (TPSA) is 0 Å². The molecule has 3 rings (SSSR count). The van der Waals surface area contributed by atoms with Crippen molar-refractivity contribution in [2.24, 2.45) is 0 Å². The van der Waals surface area contributed by atoms with E-state index in [2.05, 4.69) is 31.7 Å². The standard InChI is InChI=1S/C24H28F2/c1-3-5-7-17-9-10-20-16-21(12-11-19(20)13-17)24-22(25)14-18(8-6-4-2)15-23(24)26/h3,9-10,13-15,21H,1,4-8,11-12,16H2,2H3. The van der Waals surface area contributed by atoms with Crippen molar-refractivity contribution in [3.05, 3.63) is 82.4 Å². The molecule has 26 heavy (non-hydrogen) atoms. The minimum Gasteiger partial charge on any atom is -0.207 e. The molecule has 0 aliphatic heterocycles. The predicted molar refractivity (Wildman–Crippen MR) is 105 cm³/mol. The van der Waals surface area contributed by atoms with Gasteiger partial charge >= 0.3 is 0 Å². The lowest BCUT2D eigenvalue weighted by Gasteiger charge is -2.26. The summed E-state index contributed by atoms with van der Waals surface area (Å²) in [5.41, 5.74) is 4.95. The van der Waals surface area contributed by atoms with Crippen LogP contribution in [0.2, 0.25) is 0 Å². The average molecular weight is 354 g/mol. The third-order valence-electron chi connectivity index (χ3n) is 5.50. The molecule has 1 aliphatic carbocycles. The zero-order valence-electron chi connectivity index (χ0n) is 15.7. The van der Waals surface area contributed by atoms with Crippen LogP contribution in [0.4, 0.5) is 8.78 Å². The summed E-state index contributed by atoms with van der Waals surface area (Å²) in [5, 5.41) is 0. The number of hydrogen-bond acceptors (Lipinski definition) is 0. The lowest BCUT2D eigenvalue weighted by atomic mass is 9.79. The van der Waals surface area contributed by atoms with Gasteiger partial charge in [0.1, 0.15) is 11.6 Å². The highest BCUT2D eigenvalue weighted by atomic mass is 19.1. The number of benzene rings is 2. The van der Waals surface area contributed by atoms with E-state index in [0.717, 1.165) is 56.9 Å². The van der Waals surface area contributed by atoms with Gasteiger partial charge in [-0.2, -0.15) is 0 Å². The van der Waals surface area contributed by atoms with Gasteiger partial charge in [0.15, 0.2) is 0 Å². The summed E-state index contributed by atoms with van der Waals surface area (Å²) in [6.07, 6.45) is 9.06. The minimum absolute atomic E-state index is 0.0678. The Morgan fingerprint density at radius 3 is 2.50 bits per heavy atom. The summed E-state index contributed by atoms with van der Waals surface area (Å²) < 4.78 is 29.3. The van der Waals surface area contributed by atoms with Crippen molar-refractivity contribution in [1.82, 2.24) is 0 Å². The van der Waals surface area contributed by atoms with Gasteiger partial charge in [-0.25, -0.2) is 8.78 Å². The van der Waals surface area contributed by atoms with E-state index in [0.29, 0.717) is 0 Å². The molecule has 0 saturated heterocycles. The molecular formula is C24H28F2. The molecule has 2 heteroatoms. The molecule has 0 N–H and O–H groups in total.